The molecule has 10 heteroatoms. The molecule has 3 heterocycles. The van der Waals surface area contributed by atoms with Crippen LogP contribution in [0.25, 0.3) is 5.69 Å². The Morgan fingerprint density at radius 1 is 1.02 bits per heavy atom. The molecular weight excluding hydrogens is 547 g/mol. The fraction of sp³-hybridized carbons (Fsp3) is 0.258. The van der Waals surface area contributed by atoms with Crippen LogP contribution in [0.1, 0.15) is 52.3 Å². The smallest absolute Gasteiger partial charge is 0.352 e. The van der Waals surface area contributed by atoms with E-state index < -0.39 is 17.8 Å². The van der Waals surface area contributed by atoms with E-state index in [1.54, 1.807) is 23.8 Å². The summed E-state index contributed by atoms with van der Waals surface area (Å²) in [7, 11) is 0. The van der Waals surface area contributed by atoms with Crippen molar-refractivity contribution in [1.82, 2.24) is 19.8 Å². The van der Waals surface area contributed by atoms with E-state index in [0.29, 0.717) is 28.7 Å². The van der Waals surface area contributed by atoms with Gasteiger partial charge in [0, 0.05) is 36.2 Å². The van der Waals surface area contributed by atoms with Crippen LogP contribution in [0.3, 0.4) is 0 Å². The zero-order chi connectivity index (χ0) is 29.3. The van der Waals surface area contributed by atoms with Crippen molar-refractivity contribution in [3.05, 3.63) is 113 Å². The van der Waals surface area contributed by atoms with Crippen molar-refractivity contribution in [2.45, 2.75) is 45.5 Å². The van der Waals surface area contributed by atoms with Crippen LogP contribution < -0.4 is 10.6 Å². The number of hydrogen-bond donors (Lipinski definition) is 2. The monoisotopic (exact) mass is 577 g/mol. The first-order chi connectivity index (χ1) is 19.5. The molecule has 0 radical (unpaired) electrons. The fourth-order valence-electron chi connectivity index (χ4n) is 5.43. The first-order valence-electron chi connectivity index (χ1n) is 13.2. The summed E-state index contributed by atoms with van der Waals surface area (Å²) in [4.78, 5) is 19.4. The Kier molecular flexibility index (Phi) is 7.86. The van der Waals surface area contributed by atoms with Crippen LogP contribution in [0.15, 0.2) is 79.0 Å². The van der Waals surface area contributed by atoms with Crippen LogP contribution in [0.5, 0.6) is 0 Å². The fourth-order valence-corrected chi connectivity index (χ4v) is 5.77. The molecule has 1 amide bonds. The quantitative estimate of drug-likeness (QED) is 0.236. The molecule has 1 aliphatic heterocycles. The third-order valence-corrected chi connectivity index (χ3v) is 7.70. The second kappa shape index (κ2) is 11.4. The number of aromatic nitrogens is 2. The van der Waals surface area contributed by atoms with Crippen LogP contribution in [0.4, 0.5) is 18.9 Å². The lowest BCUT2D eigenvalue weighted by Crippen LogP contribution is -2.32. The normalized spacial score (nSPS) is 17.0. The first-order valence-corrected chi connectivity index (χ1v) is 13.7. The lowest BCUT2D eigenvalue weighted by atomic mass is 9.96. The van der Waals surface area contributed by atoms with E-state index in [1.807, 2.05) is 67.3 Å². The second-order valence-electron chi connectivity index (χ2n) is 10.2. The third kappa shape index (κ3) is 5.83. The molecule has 0 aliphatic carbocycles. The van der Waals surface area contributed by atoms with Crippen LogP contribution in [-0.2, 0) is 11.0 Å². The van der Waals surface area contributed by atoms with E-state index in [4.69, 9.17) is 12.2 Å². The van der Waals surface area contributed by atoms with E-state index in [-0.39, 0.29) is 24.1 Å². The Morgan fingerprint density at radius 3 is 2.41 bits per heavy atom. The number of alkyl halides is 3. The maximum absolute atomic E-state index is 14.0. The summed E-state index contributed by atoms with van der Waals surface area (Å²) in [6.45, 7) is 5.89. The molecule has 2 aromatic heterocycles. The van der Waals surface area contributed by atoms with Gasteiger partial charge in [-0.05, 0) is 81.0 Å². The average Bonchev–Trinajstić information content (AvgIpc) is 3.42. The number of benzene rings is 2. The summed E-state index contributed by atoms with van der Waals surface area (Å²) < 4.78 is 43.5. The molecule has 2 N–H and O–H groups in total. The van der Waals surface area contributed by atoms with Gasteiger partial charge in [0.2, 0.25) is 5.91 Å². The maximum Gasteiger partial charge on any atom is 0.418 e. The number of carbonyl (C=O) groups excluding carboxylic acids is 1. The number of carbonyl (C=O) groups is 1. The third-order valence-electron chi connectivity index (χ3n) is 7.35. The Bertz CT molecular complexity index is 1570. The van der Waals surface area contributed by atoms with E-state index >= 15 is 0 Å². The van der Waals surface area contributed by atoms with Gasteiger partial charge in [-0.1, -0.05) is 35.9 Å². The largest absolute Gasteiger partial charge is 0.418 e. The highest BCUT2D eigenvalue weighted by Gasteiger charge is 2.42. The highest BCUT2D eigenvalue weighted by molar-refractivity contribution is 7.80. The molecule has 0 saturated carbocycles. The molecule has 1 fully saturated rings. The lowest BCUT2D eigenvalue weighted by Gasteiger charge is -2.28. The molecule has 4 aromatic rings. The molecule has 2 atom stereocenters. The first kappa shape index (κ1) is 28.4. The Balaban J connectivity index is 1.51. The van der Waals surface area contributed by atoms with E-state index in [1.165, 1.54) is 12.1 Å². The number of halogens is 3. The minimum absolute atomic E-state index is 0.0631. The lowest BCUT2D eigenvalue weighted by molar-refractivity contribution is -0.137. The number of nitrogens with zero attached hydrogens (tertiary/aromatic N) is 3. The maximum atomic E-state index is 14.0. The minimum Gasteiger partial charge on any atom is -0.352 e. The Hall–Kier alpha value is -4.18. The number of para-hydroxylation sites is 1. The van der Waals surface area contributed by atoms with Crippen LogP contribution in [0.2, 0.25) is 0 Å². The van der Waals surface area contributed by atoms with Gasteiger partial charge in [0.1, 0.15) is 0 Å². The van der Waals surface area contributed by atoms with E-state index in [9.17, 15) is 18.0 Å². The summed E-state index contributed by atoms with van der Waals surface area (Å²) in [6.07, 6.45) is -2.65. The van der Waals surface area contributed by atoms with Gasteiger partial charge in [0.25, 0.3) is 0 Å². The SMILES string of the molecule is Cc1ccc(NC(=O)CCN2C(=S)N[C@@H](c3ccccn3)[C@H]2c2cc(C)n(-c3ccccc3C(F)(F)F)c2C)cc1. The van der Waals surface area contributed by atoms with Crippen molar-refractivity contribution in [2.24, 2.45) is 0 Å². The molecule has 1 aliphatic rings. The van der Waals surface area contributed by atoms with Gasteiger partial charge in [0.05, 0.1) is 29.0 Å². The van der Waals surface area contributed by atoms with Crippen LogP contribution in [0, 0.1) is 20.8 Å². The van der Waals surface area contributed by atoms with Crippen LogP contribution >= 0.6 is 12.2 Å². The van der Waals surface area contributed by atoms with Gasteiger partial charge in [-0.15, -0.1) is 0 Å². The van der Waals surface area contributed by atoms with Crippen molar-refractivity contribution >= 4 is 28.9 Å². The predicted molar refractivity (Wildman–Crippen MR) is 157 cm³/mol. The average molecular weight is 578 g/mol. The molecule has 6 nitrogen and oxygen atoms in total. The van der Waals surface area contributed by atoms with Crippen molar-refractivity contribution in [3.63, 3.8) is 0 Å². The summed E-state index contributed by atoms with van der Waals surface area (Å²) >= 11 is 5.74. The molecule has 41 heavy (non-hydrogen) atoms. The number of nitrogens with one attached hydrogen (secondary N) is 2. The molecule has 0 unspecified atom stereocenters. The number of rotatable bonds is 7. The van der Waals surface area contributed by atoms with E-state index in [2.05, 4.69) is 15.6 Å². The molecular formula is C31H30F3N5OS. The number of aryl methyl sites for hydroxylation is 2. The minimum atomic E-state index is -4.51. The van der Waals surface area contributed by atoms with Crippen molar-refractivity contribution < 1.29 is 18.0 Å². The van der Waals surface area contributed by atoms with Gasteiger partial charge >= 0.3 is 6.18 Å². The molecule has 0 bridgehead atoms. The number of thiocarbonyl (C=S) groups is 1. The van der Waals surface area contributed by atoms with Gasteiger partial charge in [0.15, 0.2) is 5.11 Å². The summed E-state index contributed by atoms with van der Waals surface area (Å²) in [5, 5.41) is 6.73. The molecule has 0 spiro atoms. The summed E-state index contributed by atoms with van der Waals surface area (Å²) in [5.41, 5.74) is 4.02. The number of pyridine rings is 1. The standard InChI is InChI=1S/C31H30F3N5OS/c1-19-11-13-22(14-12-19)36-27(40)15-17-38-29(28(37-30(38)41)25-9-6-7-16-35-25)23-18-20(2)39(21(23)3)26-10-5-4-8-24(26)31(32,33)34/h4-14,16,18,28-29H,15,17H2,1-3H3,(H,36,40)(H,37,41)/t28-,29+/m0/s1. The molecule has 2 aromatic carbocycles. The zero-order valence-electron chi connectivity index (χ0n) is 22.9. The molecule has 212 valence electrons. The Morgan fingerprint density at radius 2 is 1.73 bits per heavy atom. The van der Waals surface area contributed by atoms with Gasteiger partial charge in [-0.2, -0.15) is 13.2 Å². The summed E-state index contributed by atoms with van der Waals surface area (Å²) in [6, 6.07) is 19.8. The van der Waals surface area contributed by atoms with Crippen molar-refractivity contribution in [3.8, 4) is 5.69 Å². The molecule has 1 saturated heterocycles. The van der Waals surface area contributed by atoms with Gasteiger partial charge in [-0.3, -0.25) is 9.78 Å². The number of anilines is 1. The van der Waals surface area contributed by atoms with Gasteiger partial charge in [-0.25, -0.2) is 0 Å². The topological polar surface area (TPSA) is 62.2 Å². The van der Waals surface area contributed by atoms with Gasteiger partial charge < -0.3 is 20.1 Å². The zero-order valence-corrected chi connectivity index (χ0v) is 23.7. The highest BCUT2D eigenvalue weighted by atomic mass is 32.1. The molecule has 5 rings (SSSR count). The number of hydrogen-bond acceptors (Lipinski definition) is 3. The Labute approximate surface area is 242 Å². The highest BCUT2D eigenvalue weighted by Crippen LogP contribution is 2.42. The van der Waals surface area contributed by atoms with Crippen LogP contribution in [-0.4, -0.2) is 32.0 Å². The predicted octanol–water partition coefficient (Wildman–Crippen LogP) is 6.82. The van der Waals surface area contributed by atoms with Crippen molar-refractivity contribution in [1.29, 1.82) is 0 Å². The number of amides is 1. The van der Waals surface area contributed by atoms with E-state index in [0.717, 1.165) is 22.9 Å². The second-order valence-corrected chi connectivity index (χ2v) is 10.5. The summed E-state index contributed by atoms with van der Waals surface area (Å²) in [5.74, 6) is -0.165. The van der Waals surface area contributed by atoms with Crippen molar-refractivity contribution in [2.75, 3.05) is 11.9 Å².